The van der Waals surface area contributed by atoms with Gasteiger partial charge < -0.3 is 9.88 Å². The lowest BCUT2D eigenvalue weighted by Crippen LogP contribution is -2.47. The molecule has 1 fully saturated rings. The molecular weight excluding hydrogens is 264 g/mol. The first-order valence-corrected chi connectivity index (χ1v) is 7.43. The van der Waals surface area contributed by atoms with Crippen LogP contribution in [0.4, 0.5) is 0 Å². The average molecular weight is 284 g/mol. The Bertz CT molecular complexity index is 615. The summed E-state index contributed by atoms with van der Waals surface area (Å²) in [5, 5.41) is 3.16. The lowest BCUT2D eigenvalue weighted by atomic mass is 9.83. The molecule has 110 valence electrons. The number of carbonyl (C=O) groups excluding carboxylic acids is 1. The van der Waals surface area contributed by atoms with E-state index in [4.69, 9.17) is 0 Å². The normalized spacial score (nSPS) is 17.4. The highest BCUT2D eigenvalue weighted by Gasteiger charge is 2.29. The second-order valence-electron chi connectivity index (χ2n) is 5.94. The van der Waals surface area contributed by atoms with Crippen LogP contribution >= 0.6 is 0 Å². The highest BCUT2D eigenvalue weighted by molar-refractivity contribution is 5.93. The molecule has 0 unspecified atom stereocenters. The number of hydrogen-bond donors (Lipinski definition) is 1. The van der Waals surface area contributed by atoms with Crippen molar-refractivity contribution in [1.29, 1.82) is 0 Å². The van der Waals surface area contributed by atoms with Gasteiger partial charge >= 0.3 is 0 Å². The maximum atomic E-state index is 12.4. The van der Waals surface area contributed by atoms with Crippen molar-refractivity contribution in [3.05, 3.63) is 42.7 Å². The number of nitrogens with one attached hydrogen (secondary N) is 1. The maximum absolute atomic E-state index is 12.4. The van der Waals surface area contributed by atoms with Gasteiger partial charge in [-0.1, -0.05) is 19.3 Å². The lowest BCUT2D eigenvalue weighted by Gasteiger charge is -2.34. The van der Waals surface area contributed by atoms with Crippen molar-refractivity contribution in [1.82, 2.24) is 19.9 Å². The molecule has 1 aliphatic rings. The number of amides is 1. The van der Waals surface area contributed by atoms with Crippen LogP contribution in [0.5, 0.6) is 0 Å². The van der Waals surface area contributed by atoms with Gasteiger partial charge in [0.15, 0.2) is 0 Å². The largest absolute Gasteiger partial charge is 0.346 e. The SMILES string of the molecule is CC1(NC(=O)c2cc(-n3ccnc3)ccn2)CCCCC1. The maximum Gasteiger partial charge on any atom is 0.270 e. The van der Waals surface area contributed by atoms with Crippen molar-refractivity contribution in [2.75, 3.05) is 0 Å². The number of hydrogen-bond acceptors (Lipinski definition) is 3. The number of rotatable bonds is 3. The van der Waals surface area contributed by atoms with Gasteiger partial charge in [-0.25, -0.2) is 4.98 Å². The van der Waals surface area contributed by atoms with Gasteiger partial charge in [0, 0.05) is 24.1 Å². The van der Waals surface area contributed by atoms with Gasteiger partial charge in [-0.15, -0.1) is 0 Å². The summed E-state index contributed by atoms with van der Waals surface area (Å²) < 4.78 is 1.86. The molecule has 2 aromatic rings. The fourth-order valence-corrected chi connectivity index (χ4v) is 2.91. The molecule has 2 aromatic heterocycles. The van der Waals surface area contributed by atoms with E-state index in [-0.39, 0.29) is 11.4 Å². The Kier molecular flexibility index (Phi) is 3.73. The number of nitrogens with zero attached hydrogens (tertiary/aromatic N) is 3. The molecule has 0 radical (unpaired) electrons. The number of imidazole rings is 1. The van der Waals surface area contributed by atoms with Crippen LogP contribution < -0.4 is 5.32 Å². The molecular formula is C16H20N4O. The second-order valence-corrected chi connectivity index (χ2v) is 5.94. The van der Waals surface area contributed by atoms with Crippen LogP contribution in [-0.2, 0) is 0 Å². The number of carbonyl (C=O) groups is 1. The van der Waals surface area contributed by atoms with Crippen LogP contribution in [0.3, 0.4) is 0 Å². The van der Waals surface area contributed by atoms with Gasteiger partial charge in [-0.05, 0) is 31.9 Å². The van der Waals surface area contributed by atoms with Crippen molar-refractivity contribution in [3.8, 4) is 5.69 Å². The monoisotopic (exact) mass is 284 g/mol. The molecule has 0 spiro atoms. The van der Waals surface area contributed by atoms with Crippen molar-refractivity contribution in [2.24, 2.45) is 0 Å². The predicted octanol–water partition coefficient (Wildman–Crippen LogP) is 2.72. The van der Waals surface area contributed by atoms with E-state index in [0.717, 1.165) is 18.5 Å². The summed E-state index contributed by atoms with van der Waals surface area (Å²) in [5.41, 5.74) is 1.25. The predicted molar refractivity (Wildman–Crippen MR) is 80.3 cm³/mol. The molecule has 1 aliphatic carbocycles. The van der Waals surface area contributed by atoms with E-state index in [9.17, 15) is 4.79 Å². The van der Waals surface area contributed by atoms with Gasteiger partial charge in [0.05, 0.1) is 12.0 Å². The Morgan fingerprint density at radius 1 is 1.29 bits per heavy atom. The molecule has 0 atom stereocenters. The topological polar surface area (TPSA) is 59.8 Å². The van der Waals surface area contributed by atoms with E-state index >= 15 is 0 Å². The minimum absolute atomic E-state index is 0.0952. The minimum atomic E-state index is -0.0960. The molecule has 1 amide bonds. The van der Waals surface area contributed by atoms with Crippen LogP contribution in [0, 0.1) is 0 Å². The molecule has 5 heteroatoms. The first-order chi connectivity index (χ1) is 10.2. The Morgan fingerprint density at radius 3 is 2.81 bits per heavy atom. The van der Waals surface area contributed by atoms with Crippen LogP contribution in [0.25, 0.3) is 5.69 Å². The Morgan fingerprint density at radius 2 is 2.10 bits per heavy atom. The number of aromatic nitrogens is 3. The third-order valence-corrected chi connectivity index (χ3v) is 4.15. The molecule has 1 saturated carbocycles. The summed E-state index contributed by atoms with van der Waals surface area (Å²) in [4.78, 5) is 20.7. The molecule has 0 saturated heterocycles. The molecule has 0 aromatic carbocycles. The van der Waals surface area contributed by atoms with Crippen molar-refractivity contribution in [3.63, 3.8) is 0 Å². The van der Waals surface area contributed by atoms with E-state index in [1.54, 1.807) is 24.8 Å². The molecule has 2 heterocycles. The van der Waals surface area contributed by atoms with Crippen molar-refractivity contribution in [2.45, 2.75) is 44.6 Å². The average Bonchev–Trinajstić information content (AvgIpc) is 3.02. The zero-order valence-corrected chi connectivity index (χ0v) is 12.2. The van der Waals surface area contributed by atoms with E-state index < -0.39 is 0 Å². The van der Waals surface area contributed by atoms with E-state index in [2.05, 4.69) is 22.2 Å². The van der Waals surface area contributed by atoms with Crippen molar-refractivity contribution >= 4 is 5.91 Å². The first-order valence-electron chi connectivity index (χ1n) is 7.43. The number of pyridine rings is 1. The summed E-state index contributed by atoms with van der Waals surface area (Å²) in [6, 6.07) is 3.66. The van der Waals surface area contributed by atoms with Gasteiger partial charge in [0.1, 0.15) is 5.69 Å². The van der Waals surface area contributed by atoms with Gasteiger partial charge in [0.2, 0.25) is 0 Å². The Labute approximate surface area is 124 Å². The molecule has 5 nitrogen and oxygen atoms in total. The minimum Gasteiger partial charge on any atom is -0.346 e. The van der Waals surface area contributed by atoms with Crippen LogP contribution in [-0.4, -0.2) is 26.0 Å². The van der Waals surface area contributed by atoms with Crippen molar-refractivity contribution < 1.29 is 4.79 Å². The summed E-state index contributed by atoms with van der Waals surface area (Å²) in [5.74, 6) is -0.0960. The quantitative estimate of drug-likeness (QED) is 0.942. The third kappa shape index (κ3) is 3.12. The first kappa shape index (κ1) is 13.8. The zero-order valence-electron chi connectivity index (χ0n) is 12.2. The Balaban J connectivity index is 1.77. The van der Waals surface area contributed by atoms with Gasteiger partial charge in [0.25, 0.3) is 5.91 Å². The molecule has 21 heavy (non-hydrogen) atoms. The van der Waals surface area contributed by atoms with Crippen LogP contribution in [0.15, 0.2) is 37.1 Å². The second kappa shape index (κ2) is 5.68. The fraction of sp³-hybridized carbons (Fsp3) is 0.438. The molecule has 1 N–H and O–H groups in total. The third-order valence-electron chi connectivity index (χ3n) is 4.15. The highest BCUT2D eigenvalue weighted by atomic mass is 16.2. The van der Waals surface area contributed by atoms with Crippen LogP contribution in [0.2, 0.25) is 0 Å². The van der Waals surface area contributed by atoms with E-state index in [1.165, 1.54) is 19.3 Å². The van der Waals surface area contributed by atoms with Gasteiger partial charge in [-0.2, -0.15) is 0 Å². The summed E-state index contributed by atoms with van der Waals surface area (Å²) in [6.45, 7) is 2.13. The van der Waals surface area contributed by atoms with E-state index in [1.807, 2.05) is 16.8 Å². The molecule has 0 bridgehead atoms. The lowest BCUT2D eigenvalue weighted by molar-refractivity contribution is 0.0877. The van der Waals surface area contributed by atoms with Crippen LogP contribution in [0.1, 0.15) is 49.5 Å². The summed E-state index contributed by atoms with van der Waals surface area (Å²) >= 11 is 0. The standard InChI is InChI=1S/C16H20N4O/c1-16(6-3-2-4-7-16)19-15(21)14-11-13(5-8-18-14)20-10-9-17-12-20/h5,8-12H,2-4,6-7H2,1H3,(H,19,21). The summed E-state index contributed by atoms with van der Waals surface area (Å²) in [6.07, 6.45) is 12.6. The molecule has 3 rings (SSSR count). The fourth-order valence-electron chi connectivity index (χ4n) is 2.91. The zero-order chi connectivity index (χ0) is 14.7. The highest BCUT2D eigenvalue weighted by Crippen LogP contribution is 2.27. The van der Waals surface area contributed by atoms with E-state index in [0.29, 0.717) is 5.69 Å². The van der Waals surface area contributed by atoms with Gasteiger partial charge in [-0.3, -0.25) is 9.78 Å². The Hall–Kier alpha value is -2.17. The molecule has 0 aliphatic heterocycles. The smallest absolute Gasteiger partial charge is 0.270 e. The summed E-state index contributed by atoms with van der Waals surface area (Å²) in [7, 11) is 0.